The number of amides is 1. The van der Waals surface area contributed by atoms with E-state index in [0.29, 0.717) is 6.42 Å². The highest BCUT2D eigenvalue weighted by Crippen LogP contribution is 2.39. The fourth-order valence-electron chi connectivity index (χ4n) is 4.16. The number of aliphatic hydroxyl groups is 1. The van der Waals surface area contributed by atoms with Crippen molar-refractivity contribution >= 4 is 5.91 Å². The highest BCUT2D eigenvalue weighted by molar-refractivity contribution is 5.82. The predicted molar refractivity (Wildman–Crippen MR) is 133 cm³/mol. The second-order valence-corrected chi connectivity index (χ2v) is 9.57. The highest BCUT2D eigenvalue weighted by atomic mass is 19.1. The first kappa shape index (κ1) is 26.8. The van der Waals surface area contributed by atoms with E-state index in [2.05, 4.69) is 28.9 Å². The average molecular weight is 483 g/mol. The number of hydroxylamine groups is 1. The van der Waals surface area contributed by atoms with Gasteiger partial charge >= 0.3 is 0 Å². The van der Waals surface area contributed by atoms with Crippen LogP contribution in [0.3, 0.4) is 0 Å². The van der Waals surface area contributed by atoms with Crippen molar-refractivity contribution in [1.29, 1.82) is 0 Å². The molecule has 0 aromatic heterocycles. The summed E-state index contributed by atoms with van der Waals surface area (Å²) in [4.78, 5) is 14.7. The van der Waals surface area contributed by atoms with Crippen LogP contribution < -0.4 is 5.48 Å². The van der Waals surface area contributed by atoms with Gasteiger partial charge in [-0.1, -0.05) is 36.1 Å². The minimum atomic E-state index is -1.94. The van der Waals surface area contributed by atoms with Crippen LogP contribution in [0.15, 0.2) is 48.5 Å². The number of nitrogens with zero attached hydrogens (tertiary/aromatic N) is 1. The Bertz CT molecular complexity index is 1040. The fraction of sp³-hybridized carbons (Fsp3) is 0.464. The van der Waals surface area contributed by atoms with Crippen molar-refractivity contribution in [2.24, 2.45) is 5.41 Å². The first-order chi connectivity index (χ1) is 16.7. The summed E-state index contributed by atoms with van der Waals surface area (Å²) in [5.41, 5.74) is 2.09. The SMILES string of the molecule is CC(F)[C@@](C)(O)C(C)(CCc1ccc(C#Cc2ccc(CN3CCOCC3)cc2)cc1)C(=O)NO. The van der Waals surface area contributed by atoms with Crippen molar-refractivity contribution in [2.75, 3.05) is 26.3 Å². The van der Waals surface area contributed by atoms with Crippen LogP contribution in [0.2, 0.25) is 0 Å². The molecule has 1 fully saturated rings. The van der Waals surface area contributed by atoms with Crippen molar-refractivity contribution < 1.29 is 24.2 Å². The van der Waals surface area contributed by atoms with E-state index < -0.39 is 23.1 Å². The third-order valence-electron chi connectivity index (χ3n) is 7.18. The molecule has 0 aliphatic carbocycles. The third kappa shape index (κ3) is 6.68. The largest absolute Gasteiger partial charge is 0.386 e. The van der Waals surface area contributed by atoms with E-state index in [0.717, 1.165) is 49.5 Å². The van der Waals surface area contributed by atoms with E-state index in [1.807, 2.05) is 36.4 Å². The van der Waals surface area contributed by atoms with Gasteiger partial charge in [-0.15, -0.1) is 0 Å². The highest BCUT2D eigenvalue weighted by Gasteiger charge is 2.52. The van der Waals surface area contributed by atoms with Crippen molar-refractivity contribution in [3.05, 3.63) is 70.8 Å². The Kier molecular flexibility index (Phi) is 9.03. The molecule has 35 heavy (non-hydrogen) atoms. The van der Waals surface area contributed by atoms with Gasteiger partial charge in [-0.3, -0.25) is 14.9 Å². The van der Waals surface area contributed by atoms with Gasteiger partial charge in [-0.25, -0.2) is 9.87 Å². The number of nitrogens with one attached hydrogen (secondary N) is 1. The molecule has 3 N–H and O–H groups in total. The Hall–Kier alpha value is -2.76. The molecule has 1 amide bonds. The zero-order valence-corrected chi connectivity index (χ0v) is 20.7. The first-order valence-electron chi connectivity index (χ1n) is 12.0. The molecule has 0 radical (unpaired) electrons. The molecule has 1 saturated heterocycles. The number of benzene rings is 2. The number of carbonyl (C=O) groups is 1. The van der Waals surface area contributed by atoms with Gasteiger partial charge in [0, 0.05) is 30.8 Å². The summed E-state index contributed by atoms with van der Waals surface area (Å²) in [6.07, 6.45) is -1.08. The fourth-order valence-corrected chi connectivity index (χ4v) is 4.16. The van der Waals surface area contributed by atoms with Gasteiger partial charge in [0.1, 0.15) is 11.8 Å². The number of rotatable bonds is 8. The smallest absolute Gasteiger partial charge is 0.252 e. The van der Waals surface area contributed by atoms with Crippen LogP contribution in [-0.4, -0.2) is 59.2 Å². The van der Waals surface area contributed by atoms with Crippen molar-refractivity contribution in [1.82, 2.24) is 10.4 Å². The molecule has 2 aromatic carbocycles. The lowest BCUT2D eigenvalue weighted by molar-refractivity contribution is -0.165. The molecule has 0 spiro atoms. The molecule has 1 heterocycles. The van der Waals surface area contributed by atoms with Crippen LogP contribution in [0.25, 0.3) is 0 Å². The molecule has 6 nitrogen and oxygen atoms in total. The second kappa shape index (κ2) is 11.8. The Morgan fingerprint density at radius 3 is 2.06 bits per heavy atom. The number of carbonyl (C=O) groups excluding carboxylic acids is 1. The number of aryl methyl sites for hydroxylation is 1. The van der Waals surface area contributed by atoms with E-state index in [-0.39, 0.29) is 6.42 Å². The second-order valence-electron chi connectivity index (χ2n) is 9.57. The van der Waals surface area contributed by atoms with E-state index in [1.54, 1.807) is 5.48 Å². The van der Waals surface area contributed by atoms with Gasteiger partial charge in [-0.2, -0.15) is 0 Å². The molecule has 2 aromatic rings. The number of morpholine rings is 1. The van der Waals surface area contributed by atoms with E-state index >= 15 is 0 Å². The molecule has 188 valence electrons. The third-order valence-corrected chi connectivity index (χ3v) is 7.18. The first-order valence-corrected chi connectivity index (χ1v) is 12.0. The van der Waals surface area contributed by atoms with Crippen LogP contribution >= 0.6 is 0 Å². The van der Waals surface area contributed by atoms with Crippen molar-refractivity contribution in [3.8, 4) is 11.8 Å². The zero-order chi connectivity index (χ0) is 25.5. The van der Waals surface area contributed by atoms with E-state index in [1.165, 1.54) is 26.3 Å². The van der Waals surface area contributed by atoms with Gasteiger partial charge in [-0.05, 0) is 69.0 Å². The van der Waals surface area contributed by atoms with Gasteiger partial charge in [0.05, 0.1) is 18.6 Å². The van der Waals surface area contributed by atoms with Crippen molar-refractivity contribution in [3.63, 3.8) is 0 Å². The van der Waals surface area contributed by atoms with Crippen LogP contribution in [0.5, 0.6) is 0 Å². The zero-order valence-electron chi connectivity index (χ0n) is 20.7. The summed E-state index contributed by atoms with van der Waals surface area (Å²) in [7, 11) is 0. The molecule has 0 saturated carbocycles. The van der Waals surface area contributed by atoms with E-state index in [9.17, 15) is 14.3 Å². The van der Waals surface area contributed by atoms with Gasteiger partial charge in [0.2, 0.25) is 0 Å². The molecule has 0 bridgehead atoms. The average Bonchev–Trinajstić information content (AvgIpc) is 2.87. The Morgan fingerprint density at radius 2 is 1.57 bits per heavy atom. The van der Waals surface area contributed by atoms with Gasteiger partial charge in [0.25, 0.3) is 5.91 Å². The minimum absolute atomic E-state index is 0.155. The quantitative estimate of drug-likeness (QED) is 0.305. The maximum Gasteiger partial charge on any atom is 0.252 e. The molecule has 7 heteroatoms. The lowest BCUT2D eigenvalue weighted by Gasteiger charge is -2.42. The normalized spacial score (nSPS) is 18.5. The monoisotopic (exact) mass is 482 g/mol. The number of ether oxygens (including phenoxy) is 1. The van der Waals surface area contributed by atoms with Crippen LogP contribution in [0.1, 0.15) is 49.4 Å². The molecule has 3 rings (SSSR count). The van der Waals surface area contributed by atoms with Crippen molar-refractivity contribution in [2.45, 2.75) is 51.9 Å². The number of hydrogen-bond acceptors (Lipinski definition) is 5. The number of alkyl halides is 1. The summed E-state index contributed by atoms with van der Waals surface area (Å²) in [5.74, 6) is 5.53. The number of halogens is 1. The molecule has 1 aliphatic heterocycles. The van der Waals surface area contributed by atoms with Gasteiger partial charge < -0.3 is 9.84 Å². The summed E-state index contributed by atoms with van der Waals surface area (Å²) < 4.78 is 19.5. The lowest BCUT2D eigenvalue weighted by atomic mass is 9.68. The van der Waals surface area contributed by atoms with Crippen LogP contribution in [-0.2, 0) is 22.5 Å². The van der Waals surface area contributed by atoms with Crippen LogP contribution in [0, 0.1) is 17.3 Å². The maximum absolute atomic E-state index is 14.1. The summed E-state index contributed by atoms with van der Waals surface area (Å²) in [6.45, 7) is 8.35. The number of hydrogen-bond donors (Lipinski definition) is 3. The standard InChI is InChI=1S/C28H35FN2O4/c1-21(29)28(3,33)27(2,26(32)30-34)15-14-24-8-6-22(7-9-24)4-5-23-10-12-25(13-11-23)20-31-16-18-35-19-17-31/h6-13,21,33-34H,14-20H2,1-3H3,(H,30,32)/t21?,27?,28-/m1/s1. The lowest BCUT2D eigenvalue weighted by Crippen LogP contribution is -2.57. The molecule has 2 unspecified atom stereocenters. The minimum Gasteiger partial charge on any atom is -0.386 e. The Labute approximate surface area is 207 Å². The van der Waals surface area contributed by atoms with Crippen LogP contribution in [0.4, 0.5) is 4.39 Å². The predicted octanol–water partition coefficient (Wildman–Crippen LogP) is 3.47. The van der Waals surface area contributed by atoms with E-state index in [4.69, 9.17) is 9.94 Å². The molecular formula is C28H35FN2O4. The topological polar surface area (TPSA) is 82.0 Å². The summed E-state index contributed by atoms with van der Waals surface area (Å²) in [5, 5.41) is 19.8. The van der Waals surface area contributed by atoms with Gasteiger partial charge in [0.15, 0.2) is 0 Å². The molecular weight excluding hydrogens is 447 g/mol. The summed E-state index contributed by atoms with van der Waals surface area (Å²) >= 11 is 0. The summed E-state index contributed by atoms with van der Waals surface area (Å²) in [6, 6.07) is 15.9. The maximum atomic E-state index is 14.1. The Balaban J connectivity index is 1.61. The molecule has 1 aliphatic rings. The molecule has 3 atom stereocenters. The Morgan fingerprint density at radius 1 is 1.06 bits per heavy atom.